The minimum Gasteiger partial charge on any atom is -0.454 e. The fourth-order valence-electron chi connectivity index (χ4n) is 2.31. The van der Waals surface area contributed by atoms with E-state index in [1.165, 1.54) is 0 Å². The molecule has 0 radical (unpaired) electrons. The van der Waals surface area contributed by atoms with E-state index < -0.39 is 6.10 Å². The average molecular weight is 287 g/mol. The molecule has 2 rings (SSSR count). The maximum absolute atomic E-state index is 12.3. The Balaban J connectivity index is 2.25. The predicted octanol–water partition coefficient (Wildman–Crippen LogP) is 3.26. The Labute approximate surface area is 124 Å². The van der Waals surface area contributed by atoms with Crippen molar-refractivity contribution in [1.29, 1.82) is 0 Å². The van der Waals surface area contributed by atoms with Gasteiger partial charge in [0.2, 0.25) is 0 Å². The molecule has 4 nitrogen and oxygen atoms in total. The van der Waals surface area contributed by atoms with Gasteiger partial charge in [-0.15, -0.1) is 0 Å². The smallest absolute Gasteiger partial charge is 0.306 e. The molecule has 0 fully saturated rings. The fraction of sp³-hybridized carbons (Fsp3) is 0.412. The minimum absolute atomic E-state index is 0.0397. The van der Waals surface area contributed by atoms with E-state index in [0.717, 1.165) is 16.5 Å². The number of Topliss-reactive ketones (excluding diaryl/α,β-unsaturated/α-hetero) is 1. The molecule has 0 aliphatic heterocycles. The molecule has 1 aromatic carbocycles. The van der Waals surface area contributed by atoms with E-state index in [1.54, 1.807) is 6.92 Å². The topological polar surface area (TPSA) is 59.2 Å². The maximum Gasteiger partial charge on any atom is 0.306 e. The van der Waals surface area contributed by atoms with Crippen molar-refractivity contribution in [3.05, 3.63) is 36.0 Å². The molecule has 0 saturated carbocycles. The number of hydrogen-bond donors (Lipinski definition) is 1. The summed E-state index contributed by atoms with van der Waals surface area (Å²) in [7, 11) is 0. The summed E-state index contributed by atoms with van der Waals surface area (Å²) in [6, 6.07) is 7.89. The lowest BCUT2D eigenvalue weighted by Gasteiger charge is -2.18. The zero-order valence-electron chi connectivity index (χ0n) is 12.7. The Morgan fingerprint density at radius 1 is 1.24 bits per heavy atom. The molecule has 112 valence electrons. The van der Waals surface area contributed by atoms with Gasteiger partial charge in [0.05, 0.1) is 0 Å². The second-order valence-corrected chi connectivity index (χ2v) is 5.45. The van der Waals surface area contributed by atoms with Crippen molar-refractivity contribution in [1.82, 2.24) is 4.98 Å². The summed E-state index contributed by atoms with van der Waals surface area (Å²) >= 11 is 0. The number of ketones is 1. The van der Waals surface area contributed by atoms with Gasteiger partial charge < -0.3 is 9.72 Å². The molecule has 0 saturated heterocycles. The molecule has 0 unspecified atom stereocenters. The molecule has 21 heavy (non-hydrogen) atoms. The summed E-state index contributed by atoms with van der Waals surface area (Å²) in [5.41, 5.74) is 2.01. The Bertz CT molecular complexity index is 642. The van der Waals surface area contributed by atoms with Gasteiger partial charge in [-0.25, -0.2) is 0 Å². The molecule has 1 N–H and O–H groups in total. The van der Waals surface area contributed by atoms with Gasteiger partial charge in [0.1, 0.15) is 0 Å². The second kappa shape index (κ2) is 6.57. The van der Waals surface area contributed by atoms with Crippen LogP contribution in [0, 0.1) is 5.92 Å². The third-order valence-corrected chi connectivity index (χ3v) is 3.53. The lowest BCUT2D eigenvalue weighted by Crippen LogP contribution is -2.32. The van der Waals surface area contributed by atoms with E-state index in [4.69, 9.17) is 4.74 Å². The van der Waals surface area contributed by atoms with E-state index in [9.17, 15) is 9.59 Å². The monoisotopic (exact) mass is 287 g/mol. The van der Waals surface area contributed by atoms with Crippen LogP contribution in [-0.4, -0.2) is 22.8 Å². The second-order valence-electron chi connectivity index (χ2n) is 5.45. The van der Waals surface area contributed by atoms with E-state index in [-0.39, 0.29) is 24.1 Å². The van der Waals surface area contributed by atoms with Gasteiger partial charge in [-0.2, -0.15) is 0 Å². The summed E-state index contributed by atoms with van der Waals surface area (Å²) in [4.78, 5) is 27.0. The van der Waals surface area contributed by atoms with E-state index in [1.807, 2.05) is 44.3 Å². The number of aromatic nitrogens is 1. The number of benzene rings is 1. The Morgan fingerprint density at radius 2 is 1.95 bits per heavy atom. The van der Waals surface area contributed by atoms with Crippen LogP contribution < -0.4 is 0 Å². The molecule has 1 heterocycles. The quantitative estimate of drug-likeness (QED) is 0.830. The maximum atomic E-state index is 12.3. The number of carbonyl (C=O) groups excluding carboxylic acids is 2. The molecule has 0 bridgehead atoms. The lowest BCUT2D eigenvalue weighted by atomic mass is 9.97. The summed E-state index contributed by atoms with van der Waals surface area (Å²) in [5.74, 6) is -0.541. The Hall–Kier alpha value is -2.10. The van der Waals surface area contributed by atoms with Gasteiger partial charge >= 0.3 is 5.97 Å². The van der Waals surface area contributed by atoms with Gasteiger partial charge in [0.15, 0.2) is 11.9 Å². The first-order chi connectivity index (χ1) is 10.0. The number of para-hydroxylation sites is 1. The highest BCUT2D eigenvalue weighted by Gasteiger charge is 2.26. The third kappa shape index (κ3) is 3.51. The summed E-state index contributed by atoms with van der Waals surface area (Å²) in [5, 5.41) is 1.06. The lowest BCUT2D eigenvalue weighted by molar-refractivity contribution is -0.155. The van der Waals surface area contributed by atoms with Crippen LogP contribution >= 0.6 is 0 Å². The highest BCUT2D eigenvalue weighted by atomic mass is 16.5. The van der Waals surface area contributed by atoms with Crippen molar-refractivity contribution in [3.63, 3.8) is 0 Å². The zero-order chi connectivity index (χ0) is 15.4. The molecule has 0 amide bonds. The van der Waals surface area contributed by atoms with Crippen LogP contribution in [0.2, 0.25) is 0 Å². The van der Waals surface area contributed by atoms with Crippen molar-refractivity contribution in [2.45, 2.75) is 39.7 Å². The summed E-state index contributed by atoms with van der Waals surface area (Å²) in [6.07, 6.45) is 1.85. The first kappa shape index (κ1) is 15.3. The SMILES string of the molecule is CCC(=O)O[C@@H](Cc1c[nH]c2ccccc12)C(=O)C(C)C. The number of carbonyl (C=O) groups is 2. The number of hydrogen-bond acceptors (Lipinski definition) is 3. The first-order valence-electron chi connectivity index (χ1n) is 7.31. The van der Waals surface area contributed by atoms with Crippen LogP contribution in [0.3, 0.4) is 0 Å². The van der Waals surface area contributed by atoms with Crippen LogP contribution in [0.25, 0.3) is 10.9 Å². The number of nitrogens with one attached hydrogen (secondary N) is 1. The third-order valence-electron chi connectivity index (χ3n) is 3.53. The molecular weight excluding hydrogens is 266 g/mol. The summed E-state index contributed by atoms with van der Waals surface area (Å²) < 4.78 is 5.34. The largest absolute Gasteiger partial charge is 0.454 e. The van der Waals surface area contributed by atoms with Crippen LogP contribution in [-0.2, 0) is 20.7 Å². The fourth-order valence-corrected chi connectivity index (χ4v) is 2.31. The zero-order valence-corrected chi connectivity index (χ0v) is 12.7. The number of ether oxygens (including phenoxy) is 1. The standard InChI is InChI=1S/C17H21NO3/c1-4-16(19)21-15(17(20)11(2)3)9-12-10-18-14-8-6-5-7-13(12)14/h5-8,10-11,15,18H,4,9H2,1-3H3/t15-/m0/s1. The van der Waals surface area contributed by atoms with Gasteiger partial charge in [-0.05, 0) is 11.6 Å². The molecule has 4 heteroatoms. The highest BCUT2D eigenvalue weighted by molar-refractivity contribution is 5.89. The highest BCUT2D eigenvalue weighted by Crippen LogP contribution is 2.21. The van der Waals surface area contributed by atoms with Crippen molar-refractivity contribution in [3.8, 4) is 0 Å². The first-order valence-corrected chi connectivity index (χ1v) is 7.31. The van der Waals surface area contributed by atoms with Gasteiger partial charge in [-0.3, -0.25) is 9.59 Å². The molecule has 0 spiro atoms. The van der Waals surface area contributed by atoms with Crippen LogP contribution in [0.4, 0.5) is 0 Å². The number of rotatable bonds is 6. The Morgan fingerprint density at radius 3 is 2.62 bits per heavy atom. The van der Waals surface area contributed by atoms with E-state index >= 15 is 0 Å². The molecule has 1 atom stereocenters. The predicted molar refractivity (Wildman–Crippen MR) is 82.0 cm³/mol. The average Bonchev–Trinajstić information content (AvgIpc) is 2.88. The van der Waals surface area contributed by atoms with Crippen molar-refractivity contribution >= 4 is 22.7 Å². The van der Waals surface area contributed by atoms with Crippen molar-refractivity contribution in [2.24, 2.45) is 5.92 Å². The number of fused-ring (bicyclic) bond motifs is 1. The van der Waals surface area contributed by atoms with Crippen molar-refractivity contribution in [2.75, 3.05) is 0 Å². The number of aromatic amines is 1. The van der Waals surface area contributed by atoms with Gasteiger partial charge in [0, 0.05) is 35.9 Å². The Kier molecular flexibility index (Phi) is 4.78. The molecular formula is C17H21NO3. The molecule has 0 aliphatic rings. The molecule has 0 aliphatic carbocycles. The molecule has 2 aromatic rings. The van der Waals surface area contributed by atoms with Gasteiger partial charge in [-0.1, -0.05) is 39.0 Å². The van der Waals surface area contributed by atoms with Crippen LogP contribution in [0.5, 0.6) is 0 Å². The number of esters is 1. The van der Waals surface area contributed by atoms with E-state index in [0.29, 0.717) is 6.42 Å². The van der Waals surface area contributed by atoms with Crippen LogP contribution in [0.15, 0.2) is 30.5 Å². The van der Waals surface area contributed by atoms with E-state index in [2.05, 4.69) is 4.98 Å². The normalized spacial score (nSPS) is 12.6. The molecule has 1 aromatic heterocycles. The summed E-state index contributed by atoms with van der Waals surface area (Å²) in [6.45, 7) is 5.37. The van der Waals surface area contributed by atoms with Gasteiger partial charge in [0.25, 0.3) is 0 Å². The van der Waals surface area contributed by atoms with Crippen LogP contribution in [0.1, 0.15) is 32.8 Å². The van der Waals surface area contributed by atoms with Crippen molar-refractivity contribution < 1.29 is 14.3 Å². The number of H-pyrrole nitrogens is 1. The minimum atomic E-state index is -0.711.